The van der Waals surface area contributed by atoms with Crippen molar-refractivity contribution in [3.05, 3.63) is 62.5 Å². The Balaban J connectivity index is 1.42. The van der Waals surface area contributed by atoms with Crippen LogP contribution < -0.4 is 5.32 Å². The van der Waals surface area contributed by atoms with Crippen molar-refractivity contribution in [3.63, 3.8) is 0 Å². The van der Waals surface area contributed by atoms with Gasteiger partial charge in [0.15, 0.2) is 10.8 Å². The van der Waals surface area contributed by atoms with Crippen LogP contribution in [0.25, 0.3) is 0 Å². The van der Waals surface area contributed by atoms with Gasteiger partial charge in [-0.05, 0) is 25.8 Å². The summed E-state index contributed by atoms with van der Waals surface area (Å²) < 4.78 is 25.3. The molecule has 1 saturated carbocycles. The molecule has 3 fully saturated rings. The van der Waals surface area contributed by atoms with Crippen LogP contribution >= 0.6 is 22.9 Å². The summed E-state index contributed by atoms with van der Waals surface area (Å²) in [5, 5.41) is 5.46. The number of fused-ring (bicyclic) bond motifs is 1. The molecule has 14 heteroatoms. The number of ether oxygens (including phenoxy) is 2. The van der Waals surface area contributed by atoms with Gasteiger partial charge in [0.05, 0.1) is 30.4 Å². The monoisotopic (exact) mass is 616 g/mol. The van der Waals surface area contributed by atoms with Crippen LogP contribution in [0.1, 0.15) is 36.4 Å². The number of methoxy groups -OCH3 is 1. The van der Waals surface area contributed by atoms with Gasteiger partial charge in [-0.25, -0.2) is 19.0 Å². The normalized spacial score (nSPS) is 24.3. The van der Waals surface area contributed by atoms with Gasteiger partial charge in [0.2, 0.25) is 0 Å². The fourth-order valence-electron chi connectivity index (χ4n) is 5.91. The molecule has 1 aromatic heterocycles. The van der Waals surface area contributed by atoms with Crippen molar-refractivity contribution in [1.29, 1.82) is 0 Å². The number of rotatable bonds is 8. The highest BCUT2D eigenvalue weighted by molar-refractivity contribution is 7.11. The minimum Gasteiger partial charge on any atom is -0.468 e. The molecular formula is C28H30ClFN6O5S. The Morgan fingerprint density at radius 1 is 1.24 bits per heavy atom. The first-order valence-electron chi connectivity index (χ1n) is 13.8. The molecule has 0 unspecified atom stereocenters. The van der Waals surface area contributed by atoms with E-state index in [1.807, 2.05) is 9.80 Å². The summed E-state index contributed by atoms with van der Waals surface area (Å²) in [5.74, 6) is -1.38. The Morgan fingerprint density at radius 3 is 2.74 bits per heavy atom. The van der Waals surface area contributed by atoms with Crippen LogP contribution in [0, 0.1) is 5.82 Å². The number of urea groups is 1. The van der Waals surface area contributed by atoms with Crippen LogP contribution in [-0.4, -0.2) is 102 Å². The lowest BCUT2D eigenvalue weighted by Crippen LogP contribution is -2.62. The van der Waals surface area contributed by atoms with Gasteiger partial charge in [0.1, 0.15) is 17.9 Å². The van der Waals surface area contributed by atoms with Crippen molar-refractivity contribution in [2.75, 3.05) is 39.9 Å². The highest BCUT2D eigenvalue weighted by atomic mass is 35.5. The molecule has 4 aliphatic rings. The maximum Gasteiger partial charge on any atom is 0.338 e. The van der Waals surface area contributed by atoms with Gasteiger partial charge in [-0.1, -0.05) is 23.7 Å². The van der Waals surface area contributed by atoms with E-state index in [1.165, 1.54) is 30.6 Å². The van der Waals surface area contributed by atoms with Crippen molar-refractivity contribution in [3.8, 4) is 0 Å². The van der Waals surface area contributed by atoms with Gasteiger partial charge in [-0.15, -0.1) is 11.3 Å². The molecule has 0 radical (unpaired) electrons. The second-order valence-electron chi connectivity index (χ2n) is 10.5. The van der Waals surface area contributed by atoms with E-state index in [1.54, 1.807) is 29.5 Å². The molecule has 3 aliphatic heterocycles. The van der Waals surface area contributed by atoms with Gasteiger partial charge >= 0.3 is 18.0 Å². The third-order valence-electron chi connectivity index (χ3n) is 7.99. The third kappa shape index (κ3) is 5.13. The van der Waals surface area contributed by atoms with Gasteiger partial charge in [0, 0.05) is 55.1 Å². The molecule has 4 heterocycles. The Labute approximate surface area is 250 Å². The quantitative estimate of drug-likeness (QED) is 0.450. The number of nitrogens with zero attached hydrogens (tertiary/aromatic N) is 5. The Bertz CT molecular complexity index is 1460. The molecule has 1 aliphatic carbocycles. The predicted octanol–water partition coefficient (Wildman–Crippen LogP) is 2.97. The molecule has 1 N–H and O–H groups in total. The summed E-state index contributed by atoms with van der Waals surface area (Å²) in [7, 11) is 1.33. The van der Waals surface area contributed by atoms with Gasteiger partial charge < -0.3 is 24.6 Å². The van der Waals surface area contributed by atoms with E-state index in [2.05, 4.69) is 10.3 Å². The number of hydrogen-bond acceptors (Lipinski definition) is 10. The van der Waals surface area contributed by atoms with E-state index in [9.17, 15) is 18.8 Å². The smallest absolute Gasteiger partial charge is 0.338 e. The van der Waals surface area contributed by atoms with Crippen molar-refractivity contribution in [2.24, 2.45) is 4.99 Å². The summed E-state index contributed by atoms with van der Waals surface area (Å²) in [6.07, 6.45) is 3.55. The average Bonchev–Trinajstić information content (AvgIpc) is 3.56. The van der Waals surface area contributed by atoms with Gasteiger partial charge in [-0.2, -0.15) is 0 Å². The summed E-state index contributed by atoms with van der Waals surface area (Å²) in [6.45, 7) is 3.09. The summed E-state index contributed by atoms with van der Waals surface area (Å²) >= 11 is 7.77. The standard InChI is InChI=1S/C28H30ClFN6O5S/c1-3-41-26(37)20-18(32-24(25-31-9-12-42-25)33-22(20)16-5-4-6-17(30)21(16)29)13-34-10-11-35-19(23(34)27(38)40-2)14-36(28(35)39)15-7-8-15/h4-6,9,12,15,19,22-23H,3,7-8,10-11,13-14H2,1-2H3,(H,32,33)/t19-,22+,23+/m1/s1. The Kier molecular flexibility index (Phi) is 7.90. The van der Waals surface area contributed by atoms with E-state index in [0.717, 1.165) is 12.8 Å². The maximum atomic E-state index is 14.6. The number of amidine groups is 1. The zero-order chi connectivity index (χ0) is 29.5. The number of piperazine rings is 1. The van der Waals surface area contributed by atoms with E-state index in [-0.39, 0.29) is 35.8 Å². The first kappa shape index (κ1) is 28.6. The molecule has 2 saturated heterocycles. The van der Waals surface area contributed by atoms with Gasteiger partial charge in [0.25, 0.3) is 0 Å². The molecule has 1 aromatic carbocycles. The van der Waals surface area contributed by atoms with Crippen LogP contribution in [0.3, 0.4) is 0 Å². The second kappa shape index (κ2) is 11.6. The molecule has 42 heavy (non-hydrogen) atoms. The van der Waals surface area contributed by atoms with Crippen molar-refractivity contribution in [2.45, 2.75) is 43.9 Å². The molecule has 3 atom stereocenters. The number of thiazole rings is 1. The number of benzene rings is 1. The first-order valence-corrected chi connectivity index (χ1v) is 15.1. The number of halogens is 2. The van der Waals surface area contributed by atoms with Crippen LogP contribution in [0.5, 0.6) is 0 Å². The van der Waals surface area contributed by atoms with E-state index in [4.69, 9.17) is 26.1 Å². The number of carbonyl (C=O) groups is 3. The number of carbonyl (C=O) groups excluding carboxylic acids is 3. The summed E-state index contributed by atoms with van der Waals surface area (Å²) in [4.78, 5) is 54.6. The Hall–Kier alpha value is -3.55. The lowest BCUT2D eigenvalue weighted by Gasteiger charge is -2.43. The lowest BCUT2D eigenvalue weighted by molar-refractivity contribution is -0.150. The largest absolute Gasteiger partial charge is 0.468 e. The molecule has 2 aromatic rings. The molecule has 0 spiro atoms. The molecule has 2 amide bonds. The van der Waals surface area contributed by atoms with Crippen LogP contribution in [-0.2, 0) is 19.1 Å². The fourth-order valence-corrected chi connectivity index (χ4v) is 6.73. The molecule has 0 bridgehead atoms. The van der Waals surface area contributed by atoms with Gasteiger partial charge in [-0.3, -0.25) is 14.7 Å². The second-order valence-corrected chi connectivity index (χ2v) is 11.7. The SMILES string of the molecule is CCOC(=O)C1=C(CN2CCN3C(=O)N(C4CC4)C[C@@H]3[C@H]2C(=O)OC)NC(c2nccs2)=N[C@H]1c1cccc(F)c1Cl. The van der Waals surface area contributed by atoms with E-state index < -0.39 is 35.9 Å². The Morgan fingerprint density at radius 2 is 2.05 bits per heavy atom. The molecular weight excluding hydrogens is 587 g/mol. The number of aliphatic imine (C=N–C) groups is 1. The minimum atomic E-state index is -1.00. The summed E-state index contributed by atoms with van der Waals surface area (Å²) in [6, 6.07) is 2.34. The number of hydrogen-bond donors (Lipinski definition) is 1. The average molecular weight is 617 g/mol. The highest BCUT2D eigenvalue weighted by Gasteiger charge is 2.53. The fraction of sp³-hybridized carbons (Fsp3) is 0.464. The maximum absolute atomic E-state index is 14.6. The molecule has 222 valence electrons. The number of amides is 2. The van der Waals surface area contributed by atoms with Crippen LogP contribution in [0.2, 0.25) is 5.02 Å². The number of aromatic nitrogens is 1. The topological polar surface area (TPSA) is 117 Å². The first-order chi connectivity index (χ1) is 20.3. The third-order valence-corrected chi connectivity index (χ3v) is 9.16. The highest BCUT2D eigenvalue weighted by Crippen LogP contribution is 2.39. The van der Waals surface area contributed by atoms with Crippen molar-refractivity contribution < 1.29 is 28.2 Å². The van der Waals surface area contributed by atoms with Crippen molar-refractivity contribution in [1.82, 2.24) is 25.0 Å². The zero-order valence-corrected chi connectivity index (χ0v) is 24.7. The zero-order valence-electron chi connectivity index (χ0n) is 23.1. The van der Waals surface area contributed by atoms with Crippen LogP contribution in [0.15, 0.2) is 46.0 Å². The lowest BCUT2D eigenvalue weighted by atomic mass is 9.94. The number of esters is 2. The van der Waals surface area contributed by atoms with Crippen molar-refractivity contribution >= 4 is 46.7 Å². The van der Waals surface area contributed by atoms with Crippen LogP contribution in [0.4, 0.5) is 9.18 Å². The molecule has 11 nitrogen and oxygen atoms in total. The summed E-state index contributed by atoms with van der Waals surface area (Å²) in [5.41, 5.74) is 0.867. The molecule has 6 rings (SSSR count). The van der Waals surface area contributed by atoms with E-state index >= 15 is 0 Å². The van der Waals surface area contributed by atoms with E-state index in [0.29, 0.717) is 41.7 Å². The predicted molar refractivity (Wildman–Crippen MR) is 153 cm³/mol. The number of nitrogens with one attached hydrogen (secondary N) is 1. The minimum absolute atomic E-state index is 0.0581.